The molecule has 4 rings (SSSR count). The molecule has 1 aliphatic carbocycles. The Balaban J connectivity index is 1.60. The molecule has 0 unspecified atom stereocenters. The number of fused-ring (bicyclic) bond motifs is 1. The van der Waals surface area contributed by atoms with Crippen molar-refractivity contribution in [2.45, 2.75) is 30.5 Å². The second-order valence-electron chi connectivity index (χ2n) is 5.90. The van der Waals surface area contributed by atoms with E-state index in [2.05, 4.69) is 28.3 Å². The minimum atomic E-state index is -0.806. The van der Waals surface area contributed by atoms with Gasteiger partial charge >= 0.3 is 0 Å². The molecule has 0 spiro atoms. The highest BCUT2D eigenvalue weighted by Crippen LogP contribution is 2.44. The first-order valence-electron chi connectivity index (χ1n) is 7.59. The third-order valence-corrected chi connectivity index (χ3v) is 5.65. The minimum Gasteiger partial charge on any atom is -0.366 e. The quantitative estimate of drug-likeness (QED) is 0.525. The lowest BCUT2D eigenvalue weighted by Crippen LogP contribution is -2.07. The molecule has 2 heterocycles. The van der Waals surface area contributed by atoms with Crippen molar-refractivity contribution in [1.29, 1.82) is 0 Å². The van der Waals surface area contributed by atoms with Crippen molar-refractivity contribution < 1.29 is 8.78 Å². The van der Waals surface area contributed by atoms with E-state index < -0.39 is 11.6 Å². The Kier molecular flexibility index (Phi) is 3.92. The number of halogens is 2. The molecule has 0 radical (unpaired) electrons. The van der Waals surface area contributed by atoms with Gasteiger partial charge in [0.15, 0.2) is 16.8 Å². The molecule has 1 aromatic carbocycles. The molecule has 1 fully saturated rings. The van der Waals surface area contributed by atoms with Gasteiger partial charge in [0.05, 0.1) is 5.39 Å². The normalized spacial score (nSPS) is 19.7. The molecule has 7 heteroatoms. The average molecular weight is 363 g/mol. The Labute approximate surface area is 146 Å². The van der Waals surface area contributed by atoms with Crippen molar-refractivity contribution in [2.75, 3.05) is 11.6 Å². The molecule has 24 heavy (non-hydrogen) atoms. The number of nitrogens with one attached hydrogen (secondary N) is 1. The van der Waals surface area contributed by atoms with Crippen LogP contribution in [0.2, 0.25) is 0 Å². The number of anilines is 1. The monoisotopic (exact) mass is 363 g/mol. The van der Waals surface area contributed by atoms with Crippen LogP contribution >= 0.6 is 23.1 Å². The smallest absolute Gasteiger partial charge is 0.190 e. The number of hydrogen-bond acceptors (Lipinski definition) is 5. The van der Waals surface area contributed by atoms with E-state index in [4.69, 9.17) is 0 Å². The average Bonchev–Trinajstić information content (AvgIpc) is 3.21. The summed E-state index contributed by atoms with van der Waals surface area (Å²) in [6.45, 7) is 2.05. The van der Waals surface area contributed by atoms with Crippen LogP contribution in [0.15, 0.2) is 29.4 Å². The maximum absolute atomic E-state index is 13.4. The second-order valence-corrected chi connectivity index (χ2v) is 7.91. The zero-order valence-corrected chi connectivity index (χ0v) is 14.8. The predicted molar refractivity (Wildman–Crippen MR) is 95.1 cm³/mol. The van der Waals surface area contributed by atoms with Gasteiger partial charge in [-0.15, -0.1) is 11.3 Å². The molecule has 1 aliphatic rings. The number of benzene rings is 1. The maximum atomic E-state index is 13.4. The zero-order chi connectivity index (χ0) is 16.8. The molecule has 1 saturated carbocycles. The van der Waals surface area contributed by atoms with Crippen molar-refractivity contribution in [3.05, 3.63) is 46.3 Å². The molecule has 124 valence electrons. The van der Waals surface area contributed by atoms with E-state index in [9.17, 15) is 8.78 Å². The summed E-state index contributed by atoms with van der Waals surface area (Å²) >= 11 is 3.16. The third kappa shape index (κ3) is 2.86. The van der Waals surface area contributed by atoms with Crippen molar-refractivity contribution >= 4 is 39.1 Å². The molecule has 3 aromatic rings. The fourth-order valence-electron chi connectivity index (χ4n) is 2.87. The highest BCUT2D eigenvalue weighted by Gasteiger charge is 2.39. The molecule has 0 bridgehead atoms. The molecule has 0 saturated heterocycles. The van der Waals surface area contributed by atoms with Crippen LogP contribution < -0.4 is 5.32 Å². The lowest BCUT2D eigenvalue weighted by atomic mass is 10.1. The van der Waals surface area contributed by atoms with E-state index in [1.807, 2.05) is 6.26 Å². The Morgan fingerprint density at radius 2 is 2.04 bits per heavy atom. The first-order valence-corrected chi connectivity index (χ1v) is 9.63. The predicted octanol–water partition coefficient (Wildman–Crippen LogP) is 4.97. The highest BCUT2D eigenvalue weighted by molar-refractivity contribution is 7.98. The van der Waals surface area contributed by atoms with Crippen LogP contribution in [0.1, 0.15) is 22.8 Å². The van der Waals surface area contributed by atoms with Crippen molar-refractivity contribution in [3.63, 3.8) is 0 Å². The van der Waals surface area contributed by atoms with Crippen molar-refractivity contribution in [2.24, 2.45) is 0 Å². The number of nitrogens with zero attached hydrogens (tertiary/aromatic N) is 2. The van der Waals surface area contributed by atoms with E-state index in [1.165, 1.54) is 28.8 Å². The molecular weight excluding hydrogens is 348 g/mol. The lowest BCUT2D eigenvalue weighted by molar-refractivity contribution is 0.507. The number of aromatic nitrogens is 2. The molecule has 0 aliphatic heterocycles. The molecule has 3 nitrogen and oxygen atoms in total. The summed E-state index contributed by atoms with van der Waals surface area (Å²) in [5.74, 6) is -0.591. The van der Waals surface area contributed by atoms with Crippen LogP contribution in [-0.4, -0.2) is 22.3 Å². The topological polar surface area (TPSA) is 37.8 Å². The highest BCUT2D eigenvalue weighted by atomic mass is 32.2. The summed E-state index contributed by atoms with van der Waals surface area (Å²) in [7, 11) is 0. The van der Waals surface area contributed by atoms with Gasteiger partial charge in [-0.1, -0.05) is 17.8 Å². The molecule has 2 aromatic heterocycles. The van der Waals surface area contributed by atoms with E-state index in [0.717, 1.165) is 33.2 Å². The van der Waals surface area contributed by atoms with Crippen LogP contribution in [0.25, 0.3) is 10.2 Å². The Hall–Kier alpha value is -1.73. The van der Waals surface area contributed by atoms with E-state index in [0.29, 0.717) is 0 Å². The number of hydrogen-bond donors (Lipinski definition) is 1. The van der Waals surface area contributed by atoms with Gasteiger partial charge < -0.3 is 5.32 Å². The Morgan fingerprint density at radius 1 is 1.21 bits per heavy atom. The summed E-state index contributed by atoms with van der Waals surface area (Å²) in [6.07, 6.45) is 2.83. The molecular formula is C17H15F2N3S2. The van der Waals surface area contributed by atoms with Crippen LogP contribution in [-0.2, 0) is 0 Å². The van der Waals surface area contributed by atoms with Crippen molar-refractivity contribution in [3.8, 4) is 0 Å². The van der Waals surface area contributed by atoms with E-state index in [-0.39, 0.29) is 12.0 Å². The second kappa shape index (κ2) is 5.97. The Morgan fingerprint density at radius 3 is 2.79 bits per heavy atom. The number of aryl methyl sites for hydroxylation is 1. The van der Waals surface area contributed by atoms with E-state index >= 15 is 0 Å². The Bertz CT molecular complexity index is 926. The SMILES string of the molecule is CSc1nc(N[C@@H]2C[C@H]2c2ccc(F)c(F)c2)c2cc(C)sc2n1. The number of thiophene rings is 1. The fourth-order valence-corrected chi connectivity index (χ4v) is 4.17. The summed E-state index contributed by atoms with van der Waals surface area (Å²) in [5.41, 5.74) is 0.822. The van der Waals surface area contributed by atoms with Gasteiger partial charge in [-0.25, -0.2) is 18.7 Å². The van der Waals surface area contributed by atoms with Crippen LogP contribution in [0.4, 0.5) is 14.6 Å². The first-order chi connectivity index (χ1) is 11.5. The van der Waals surface area contributed by atoms with Gasteiger partial charge in [0.1, 0.15) is 10.6 Å². The molecule has 0 amide bonds. The van der Waals surface area contributed by atoms with Gasteiger partial charge in [-0.3, -0.25) is 0 Å². The van der Waals surface area contributed by atoms with Crippen LogP contribution in [0.3, 0.4) is 0 Å². The summed E-state index contributed by atoms with van der Waals surface area (Å²) < 4.78 is 26.5. The van der Waals surface area contributed by atoms with Gasteiger partial charge in [-0.05, 0) is 43.4 Å². The fraction of sp³-hybridized carbons (Fsp3) is 0.294. The zero-order valence-electron chi connectivity index (χ0n) is 13.1. The van der Waals surface area contributed by atoms with Gasteiger partial charge in [-0.2, -0.15) is 0 Å². The summed E-state index contributed by atoms with van der Waals surface area (Å²) in [4.78, 5) is 11.3. The van der Waals surface area contributed by atoms with Gasteiger partial charge in [0.2, 0.25) is 0 Å². The van der Waals surface area contributed by atoms with Crippen LogP contribution in [0, 0.1) is 18.6 Å². The largest absolute Gasteiger partial charge is 0.366 e. The third-order valence-electron chi connectivity index (χ3n) is 4.16. The summed E-state index contributed by atoms with van der Waals surface area (Å²) in [6, 6.07) is 6.41. The molecule has 1 N–H and O–H groups in total. The van der Waals surface area contributed by atoms with Crippen molar-refractivity contribution in [1.82, 2.24) is 9.97 Å². The van der Waals surface area contributed by atoms with E-state index in [1.54, 1.807) is 17.4 Å². The van der Waals surface area contributed by atoms with Gasteiger partial charge in [0, 0.05) is 16.8 Å². The molecule has 2 atom stereocenters. The standard InChI is InChI=1S/C17H15F2N3S2/c1-8-5-11-15(21-17(23-2)22-16(11)24-8)20-14-7-10(14)9-3-4-12(18)13(19)6-9/h3-6,10,14H,7H2,1-2H3,(H,20,21,22)/t10-,14+/m0/s1. The van der Waals surface area contributed by atoms with Gasteiger partial charge in [0.25, 0.3) is 0 Å². The van der Waals surface area contributed by atoms with Crippen LogP contribution in [0.5, 0.6) is 0 Å². The number of rotatable bonds is 4. The first kappa shape index (κ1) is 15.8. The maximum Gasteiger partial charge on any atom is 0.190 e. The minimum absolute atomic E-state index is 0.183. The summed E-state index contributed by atoms with van der Waals surface area (Å²) in [5, 5.41) is 5.21. The lowest BCUT2D eigenvalue weighted by Gasteiger charge is -2.08. The number of thioether (sulfide) groups is 1.